The second-order valence-corrected chi connectivity index (χ2v) is 4.91. The number of amides is 1. The molecule has 0 fully saturated rings. The lowest BCUT2D eigenvalue weighted by atomic mass is 10.1. The molecule has 0 aromatic heterocycles. The minimum absolute atomic E-state index is 0.244. The van der Waals surface area contributed by atoms with E-state index < -0.39 is 0 Å². The van der Waals surface area contributed by atoms with Gasteiger partial charge in [-0.3, -0.25) is 4.79 Å². The highest BCUT2D eigenvalue weighted by atomic mass is 16.6. The van der Waals surface area contributed by atoms with Gasteiger partial charge in [0, 0.05) is 17.8 Å². The maximum atomic E-state index is 12.0. The van der Waals surface area contributed by atoms with Crippen molar-refractivity contribution < 1.29 is 14.3 Å². The number of benzene rings is 2. The van der Waals surface area contributed by atoms with Crippen LogP contribution in [0, 0.1) is 11.3 Å². The monoisotopic (exact) mass is 306 g/mol. The van der Waals surface area contributed by atoms with Gasteiger partial charge in [-0.1, -0.05) is 12.1 Å². The van der Waals surface area contributed by atoms with Gasteiger partial charge in [0.25, 0.3) is 0 Å². The van der Waals surface area contributed by atoms with E-state index in [1.807, 2.05) is 0 Å². The van der Waals surface area contributed by atoms with Crippen LogP contribution in [0.2, 0.25) is 0 Å². The van der Waals surface area contributed by atoms with Crippen molar-refractivity contribution in [1.82, 2.24) is 0 Å². The number of ether oxygens (including phenoxy) is 2. The molecule has 0 spiro atoms. The van der Waals surface area contributed by atoms with Crippen LogP contribution in [0.5, 0.6) is 11.5 Å². The third-order valence-electron chi connectivity index (χ3n) is 3.28. The zero-order chi connectivity index (χ0) is 16.1. The largest absolute Gasteiger partial charge is 0.486 e. The Morgan fingerprint density at radius 3 is 2.57 bits per heavy atom. The summed E-state index contributed by atoms with van der Waals surface area (Å²) < 4.78 is 10.9. The molecule has 5 heteroatoms. The molecule has 0 aliphatic carbocycles. The summed E-state index contributed by atoms with van der Waals surface area (Å²) in [6, 6.07) is 14.3. The molecule has 1 aliphatic heterocycles. The Hall–Kier alpha value is -3.26. The molecule has 1 amide bonds. The third-order valence-corrected chi connectivity index (χ3v) is 3.28. The first-order valence-corrected chi connectivity index (χ1v) is 7.13. The molecule has 2 aromatic carbocycles. The minimum atomic E-state index is -0.244. The van der Waals surface area contributed by atoms with Gasteiger partial charge in [-0.25, -0.2) is 0 Å². The standard InChI is InChI=1S/C18H14N2O3/c19-12-14-3-1-13(2-4-14)5-8-18(21)20-15-6-7-16-17(11-15)23-10-9-22-16/h1-8,11H,9-10H2,(H,20,21)/b8-5+. The first-order valence-electron chi connectivity index (χ1n) is 7.13. The summed E-state index contributed by atoms with van der Waals surface area (Å²) in [6.45, 7) is 1.04. The molecular weight excluding hydrogens is 292 g/mol. The Morgan fingerprint density at radius 1 is 1.09 bits per heavy atom. The summed E-state index contributed by atoms with van der Waals surface area (Å²) in [6.07, 6.45) is 3.13. The number of hydrogen-bond donors (Lipinski definition) is 1. The number of nitrogens with zero attached hydrogens (tertiary/aromatic N) is 1. The molecule has 0 atom stereocenters. The van der Waals surface area contributed by atoms with Crippen LogP contribution in [-0.2, 0) is 4.79 Å². The van der Waals surface area contributed by atoms with E-state index in [1.54, 1.807) is 48.5 Å². The maximum Gasteiger partial charge on any atom is 0.248 e. The van der Waals surface area contributed by atoms with Gasteiger partial charge in [0.15, 0.2) is 11.5 Å². The van der Waals surface area contributed by atoms with E-state index >= 15 is 0 Å². The van der Waals surface area contributed by atoms with Gasteiger partial charge in [-0.2, -0.15) is 5.26 Å². The van der Waals surface area contributed by atoms with Crippen LogP contribution in [0.3, 0.4) is 0 Å². The van der Waals surface area contributed by atoms with Crippen LogP contribution in [0.4, 0.5) is 5.69 Å². The van der Waals surface area contributed by atoms with E-state index in [2.05, 4.69) is 11.4 Å². The van der Waals surface area contributed by atoms with E-state index in [0.717, 1.165) is 5.56 Å². The molecule has 0 bridgehead atoms. The van der Waals surface area contributed by atoms with E-state index in [4.69, 9.17) is 14.7 Å². The Morgan fingerprint density at radius 2 is 1.83 bits per heavy atom. The minimum Gasteiger partial charge on any atom is -0.486 e. The first kappa shape index (κ1) is 14.7. The van der Waals surface area contributed by atoms with E-state index in [-0.39, 0.29) is 5.91 Å². The van der Waals surface area contributed by atoms with E-state index in [1.165, 1.54) is 6.08 Å². The zero-order valence-electron chi connectivity index (χ0n) is 12.3. The molecule has 0 saturated heterocycles. The average Bonchev–Trinajstić information content (AvgIpc) is 2.60. The van der Waals surface area contributed by atoms with Gasteiger partial charge in [-0.05, 0) is 35.9 Å². The van der Waals surface area contributed by atoms with Gasteiger partial charge in [-0.15, -0.1) is 0 Å². The molecule has 1 N–H and O–H groups in total. The average molecular weight is 306 g/mol. The van der Waals surface area contributed by atoms with Crippen molar-refractivity contribution in [2.24, 2.45) is 0 Å². The predicted molar refractivity (Wildman–Crippen MR) is 86.3 cm³/mol. The van der Waals surface area contributed by atoms with E-state index in [9.17, 15) is 4.79 Å². The molecule has 0 unspecified atom stereocenters. The second-order valence-electron chi connectivity index (χ2n) is 4.91. The topological polar surface area (TPSA) is 71.4 Å². The number of nitrogens with one attached hydrogen (secondary N) is 1. The second kappa shape index (κ2) is 6.67. The van der Waals surface area contributed by atoms with Crippen LogP contribution in [0.25, 0.3) is 6.08 Å². The quantitative estimate of drug-likeness (QED) is 0.885. The Balaban J connectivity index is 1.64. The molecule has 3 rings (SSSR count). The highest BCUT2D eigenvalue weighted by Gasteiger charge is 2.12. The molecule has 1 aliphatic rings. The van der Waals surface area contributed by atoms with Crippen molar-refractivity contribution in [2.75, 3.05) is 18.5 Å². The molecular formula is C18H14N2O3. The van der Waals surface area contributed by atoms with Crippen molar-refractivity contribution in [3.05, 3.63) is 59.7 Å². The highest BCUT2D eigenvalue weighted by molar-refractivity contribution is 6.02. The van der Waals surface area contributed by atoms with Gasteiger partial charge in [0.1, 0.15) is 13.2 Å². The fraction of sp³-hybridized carbons (Fsp3) is 0.111. The summed E-state index contributed by atoms with van der Waals surface area (Å²) in [4.78, 5) is 12.0. The van der Waals surface area contributed by atoms with Crippen LogP contribution in [0.15, 0.2) is 48.5 Å². The maximum absolute atomic E-state index is 12.0. The van der Waals surface area contributed by atoms with Gasteiger partial charge in [0.05, 0.1) is 11.6 Å². The summed E-state index contributed by atoms with van der Waals surface area (Å²) in [5.74, 6) is 1.07. The van der Waals surface area contributed by atoms with Crippen molar-refractivity contribution in [3.63, 3.8) is 0 Å². The first-order chi connectivity index (χ1) is 11.2. The van der Waals surface area contributed by atoms with Crippen LogP contribution in [0.1, 0.15) is 11.1 Å². The van der Waals surface area contributed by atoms with Crippen molar-refractivity contribution in [3.8, 4) is 17.6 Å². The number of rotatable bonds is 3. The third kappa shape index (κ3) is 3.69. The molecule has 5 nitrogen and oxygen atoms in total. The molecule has 0 saturated carbocycles. The number of hydrogen-bond acceptors (Lipinski definition) is 4. The zero-order valence-corrected chi connectivity index (χ0v) is 12.3. The predicted octanol–water partition coefficient (Wildman–Crippen LogP) is 2.98. The number of carbonyl (C=O) groups is 1. The summed E-state index contributed by atoms with van der Waals surface area (Å²) in [5.41, 5.74) is 2.08. The van der Waals surface area contributed by atoms with Gasteiger partial charge in [0.2, 0.25) is 5.91 Å². The summed E-state index contributed by atoms with van der Waals surface area (Å²) in [7, 11) is 0. The molecule has 23 heavy (non-hydrogen) atoms. The number of anilines is 1. The Bertz CT molecular complexity index is 789. The van der Waals surface area contributed by atoms with E-state index in [0.29, 0.717) is 36.0 Å². The lowest BCUT2D eigenvalue weighted by Crippen LogP contribution is -2.16. The fourth-order valence-electron chi connectivity index (χ4n) is 2.15. The normalized spacial score (nSPS) is 12.7. The number of carbonyl (C=O) groups excluding carboxylic acids is 1. The smallest absolute Gasteiger partial charge is 0.248 e. The Kier molecular flexibility index (Phi) is 4.25. The number of fused-ring (bicyclic) bond motifs is 1. The number of nitriles is 1. The molecule has 2 aromatic rings. The SMILES string of the molecule is N#Cc1ccc(/C=C/C(=O)Nc2ccc3c(c2)OCCO3)cc1. The van der Waals surface area contributed by atoms with Crippen LogP contribution >= 0.6 is 0 Å². The molecule has 0 radical (unpaired) electrons. The van der Waals surface area contributed by atoms with Crippen LogP contribution in [-0.4, -0.2) is 19.1 Å². The highest BCUT2D eigenvalue weighted by Crippen LogP contribution is 2.32. The lowest BCUT2D eigenvalue weighted by Gasteiger charge is -2.18. The lowest BCUT2D eigenvalue weighted by molar-refractivity contribution is -0.111. The van der Waals surface area contributed by atoms with Gasteiger partial charge >= 0.3 is 0 Å². The summed E-state index contributed by atoms with van der Waals surface area (Å²) in [5, 5.41) is 11.5. The molecule has 1 heterocycles. The van der Waals surface area contributed by atoms with Gasteiger partial charge < -0.3 is 14.8 Å². The van der Waals surface area contributed by atoms with Crippen molar-refractivity contribution >= 4 is 17.7 Å². The van der Waals surface area contributed by atoms with Crippen molar-refractivity contribution in [2.45, 2.75) is 0 Å². The Labute approximate surface area is 133 Å². The van der Waals surface area contributed by atoms with Crippen LogP contribution < -0.4 is 14.8 Å². The fourth-order valence-corrected chi connectivity index (χ4v) is 2.15. The molecule has 114 valence electrons. The van der Waals surface area contributed by atoms with Crippen molar-refractivity contribution in [1.29, 1.82) is 5.26 Å². The summed E-state index contributed by atoms with van der Waals surface area (Å²) >= 11 is 0.